The van der Waals surface area contributed by atoms with Crippen LogP contribution in [0.3, 0.4) is 0 Å². The third-order valence-corrected chi connectivity index (χ3v) is 3.10. The van der Waals surface area contributed by atoms with Crippen molar-refractivity contribution in [1.29, 1.82) is 5.26 Å². The van der Waals surface area contributed by atoms with Gasteiger partial charge in [-0.05, 0) is 37.3 Å². The van der Waals surface area contributed by atoms with Gasteiger partial charge in [-0.25, -0.2) is 4.98 Å². The zero-order valence-corrected chi connectivity index (χ0v) is 10.3. The molecule has 0 amide bonds. The van der Waals surface area contributed by atoms with E-state index in [2.05, 4.69) is 10.3 Å². The number of pyridine rings is 1. The summed E-state index contributed by atoms with van der Waals surface area (Å²) in [6.45, 7) is 0.167. The van der Waals surface area contributed by atoms with Crippen LogP contribution in [-0.4, -0.2) is 17.7 Å². The number of aryl methyl sites for hydroxylation is 2. The van der Waals surface area contributed by atoms with Crippen LogP contribution in [0, 0.1) is 11.3 Å². The first-order chi connectivity index (χ1) is 8.99. The lowest BCUT2D eigenvalue weighted by Gasteiger charge is -2.10. The highest BCUT2D eigenvalue weighted by molar-refractivity contribution is 5.55. The van der Waals surface area contributed by atoms with Gasteiger partial charge < -0.3 is 5.32 Å². The molecule has 1 aliphatic rings. The molecular weight excluding hydrogens is 255 g/mol. The molecule has 0 aromatic carbocycles. The number of anilines is 1. The summed E-state index contributed by atoms with van der Waals surface area (Å²) in [7, 11) is 0. The molecule has 1 aromatic heterocycles. The van der Waals surface area contributed by atoms with Crippen LogP contribution >= 0.6 is 0 Å². The van der Waals surface area contributed by atoms with E-state index in [-0.39, 0.29) is 13.0 Å². The largest absolute Gasteiger partial charge is 0.389 e. The fraction of sp³-hybridized carbons (Fsp3) is 0.538. The van der Waals surface area contributed by atoms with Gasteiger partial charge in [0.25, 0.3) is 0 Å². The van der Waals surface area contributed by atoms with Crippen molar-refractivity contribution in [3.63, 3.8) is 0 Å². The van der Waals surface area contributed by atoms with Crippen LogP contribution in [0.1, 0.15) is 36.1 Å². The molecule has 0 spiro atoms. The Labute approximate surface area is 109 Å². The summed E-state index contributed by atoms with van der Waals surface area (Å²) >= 11 is 0. The van der Waals surface area contributed by atoms with Gasteiger partial charge in [0, 0.05) is 18.7 Å². The van der Waals surface area contributed by atoms with Crippen LogP contribution < -0.4 is 5.32 Å². The molecule has 0 radical (unpaired) electrons. The van der Waals surface area contributed by atoms with Crippen LogP contribution in [-0.2, 0) is 12.8 Å². The van der Waals surface area contributed by atoms with Gasteiger partial charge in [-0.2, -0.15) is 18.4 Å². The number of rotatable bonds is 4. The molecule has 1 aromatic rings. The van der Waals surface area contributed by atoms with Crippen molar-refractivity contribution in [1.82, 2.24) is 4.98 Å². The van der Waals surface area contributed by atoms with E-state index in [9.17, 15) is 13.2 Å². The molecule has 2 rings (SSSR count). The van der Waals surface area contributed by atoms with Gasteiger partial charge in [0.05, 0.1) is 5.56 Å². The van der Waals surface area contributed by atoms with E-state index in [1.807, 2.05) is 6.07 Å². The first kappa shape index (κ1) is 13.7. The zero-order chi connectivity index (χ0) is 13.9. The first-order valence-corrected chi connectivity index (χ1v) is 6.23. The second-order valence-corrected chi connectivity index (χ2v) is 4.60. The number of fused-ring (bicyclic) bond motifs is 1. The van der Waals surface area contributed by atoms with Crippen molar-refractivity contribution in [2.24, 2.45) is 0 Å². The monoisotopic (exact) mass is 269 g/mol. The van der Waals surface area contributed by atoms with Gasteiger partial charge in [-0.15, -0.1) is 0 Å². The number of hydrogen-bond donors (Lipinski definition) is 1. The van der Waals surface area contributed by atoms with E-state index in [4.69, 9.17) is 5.26 Å². The molecule has 0 unspecified atom stereocenters. The fourth-order valence-corrected chi connectivity index (χ4v) is 2.19. The maximum absolute atomic E-state index is 12.0. The average Bonchev–Trinajstić information content (AvgIpc) is 2.79. The molecule has 1 aliphatic carbocycles. The summed E-state index contributed by atoms with van der Waals surface area (Å²) in [4.78, 5) is 4.34. The molecule has 3 nitrogen and oxygen atoms in total. The van der Waals surface area contributed by atoms with Gasteiger partial charge in [0.1, 0.15) is 11.9 Å². The summed E-state index contributed by atoms with van der Waals surface area (Å²) in [5.41, 5.74) is 2.45. The highest BCUT2D eigenvalue weighted by Crippen LogP contribution is 2.25. The van der Waals surface area contributed by atoms with E-state index >= 15 is 0 Å². The summed E-state index contributed by atoms with van der Waals surface area (Å²) in [6.07, 6.45) is -2.17. The van der Waals surface area contributed by atoms with Crippen LogP contribution in [0.2, 0.25) is 0 Å². The first-order valence-electron chi connectivity index (χ1n) is 6.23. The molecule has 0 atom stereocenters. The Bertz CT molecular complexity index is 503. The third kappa shape index (κ3) is 3.60. The molecule has 1 heterocycles. The molecule has 1 N–H and O–H groups in total. The molecule has 102 valence electrons. The lowest BCUT2D eigenvalue weighted by molar-refractivity contribution is -0.134. The summed E-state index contributed by atoms with van der Waals surface area (Å²) in [5, 5.41) is 11.9. The summed E-state index contributed by atoms with van der Waals surface area (Å²) in [5.74, 6) is 0.408. The van der Waals surface area contributed by atoms with Gasteiger partial charge in [-0.1, -0.05) is 0 Å². The number of nitriles is 1. The van der Waals surface area contributed by atoms with Crippen LogP contribution in [0.5, 0.6) is 0 Å². The minimum absolute atomic E-state index is 0.0207. The molecular formula is C13H14F3N3. The molecule has 6 heteroatoms. The van der Waals surface area contributed by atoms with Gasteiger partial charge in [0.2, 0.25) is 0 Å². The molecule has 19 heavy (non-hydrogen) atoms. The molecule has 0 saturated heterocycles. The minimum Gasteiger partial charge on any atom is -0.369 e. The van der Waals surface area contributed by atoms with E-state index < -0.39 is 12.6 Å². The number of halogens is 3. The Morgan fingerprint density at radius 1 is 1.37 bits per heavy atom. The summed E-state index contributed by atoms with van der Waals surface area (Å²) in [6, 6.07) is 3.83. The van der Waals surface area contributed by atoms with Crippen molar-refractivity contribution in [3.8, 4) is 6.07 Å². The smallest absolute Gasteiger partial charge is 0.369 e. The van der Waals surface area contributed by atoms with Crippen molar-refractivity contribution in [2.75, 3.05) is 11.9 Å². The Hall–Kier alpha value is -1.77. The lowest BCUT2D eigenvalue weighted by atomic mass is 10.1. The van der Waals surface area contributed by atoms with Crippen molar-refractivity contribution < 1.29 is 13.2 Å². The van der Waals surface area contributed by atoms with Gasteiger partial charge >= 0.3 is 6.18 Å². The molecule has 0 aliphatic heterocycles. The van der Waals surface area contributed by atoms with Gasteiger partial charge in [0.15, 0.2) is 0 Å². The second-order valence-electron chi connectivity index (χ2n) is 4.60. The van der Waals surface area contributed by atoms with Crippen LogP contribution in [0.15, 0.2) is 6.07 Å². The Morgan fingerprint density at radius 2 is 2.16 bits per heavy atom. The maximum Gasteiger partial charge on any atom is 0.389 e. The Kier molecular flexibility index (Phi) is 3.93. The van der Waals surface area contributed by atoms with E-state index in [0.29, 0.717) is 11.4 Å². The van der Waals surface area contributed by atoms with Crippen molar-refractivity contribution >= 4 is 5.82 Å². The number of alkyl halides is 3. The Morgan fingerprint density at radius 3 is 2.84 bits per heavy atom. The number of nitrogens with zero attached hydrogens (tertiary/aromatic N) is 2. The maximum atomic E-state index is 12.0. The third-order valence-electron chi connectivity index (χ3n) is 3.10. The van der Waals surface area contributed by atoms with Crippen molar-refractivity contribution in [3.05, 3.63) is 22.9 Å². The van der Waals surface area contributed by atoms with Crippen LogP contribution in [0.25, 0.3) is 0 Å². The summed E-state index contributed by atoms with van der Waals surface area (Å²) < 4.78 is 36.0. The number of nitrogens with one attached hydrogen (secondary N) is 1. The molecule has 0 fully saturated rings. The highest BCUT2D eigenvalue weighted by atomic mass is 19.4. The SMILES string of the molecule is N#Cc1cc2c(nc1NCCCC(F)(F)F)CCC2. The van der Waals surface area contributed by atoms with Crippen molar-refractivity contribution in [2.45, 2.75) is 38.3 Å². The lowest BCUT2D eigenvalue weighted by Crippen LogP contribution is -2.12. The van der Waals surface area contributed by atoms with Gasteiger partial charge in [-0.3, -0.25) is 0 Å². The average molecular weight is 269 g/mol. The van der Waals surface area contributed by atoms with E-state index in [1.165, 1.54) is 0 Å². The fourth-order valence-electron chi connectivity index (χ4n) is 2.19. The standard InChI is InChI=1S/C13H14F3N3/c14-13(15,16)5-2-6-18-12-10(8-17)7-9-3-1-4-11(9)19-12/h7H,1-6H2,(H,18,19). The molecule has 0 bridgehead atoms. The normalized spacial score (nSPS) is 14.0. The zero-order valence-electron chi connectivity index (χ0n) is 10.3. The molecule has 0 saturated carbocycles. The van der Waals surface area contributed by atoms with Crippen LogP contribution in [0.4, 0.5) is 19.0 Å². The number of aromatic nitrogens is 1. The topological polar surface area (TPSA) is 48.7 Å². The predicted octanol–water partition coefficient (Wildman–Crippen LogP) is 3.20. The Balaban J connectivity index is 1.99. The second kappa shape index (κ2) is 5.47. The highest BCUT2D eigenvalue weighted by Gasteiger charge is 2.26. The van der Waals surface area contributed by atoms with E-state index in [0.717, 1.165) is 30.5 Å². The predicted molar refractivity (Wildman–Crippen MR) is 64.8 cm³/mol. The number of hydrogen-bond acceptors (Lipinski definition) is 3. The van der Waals surface area contributed by atoms with E-state index in [1.54, 1.807) is 6.07 Å². The minimum atomic E-state index is -4.13. The quantitative estimate of drug-likeness (QED) is 0.854.